The number of aromatic amines is 1. The van der Waals surface area contributed by atoms with Crippen LogP contribution in [-0.4, -0.2) is 40.3 Å². The number of hydrogen-bond donors (Lipinski definition) is 1. The van der Waals surface area contributed by atoms with Crippen LogP contribution in [0.1, 0.15) is 73.8 Å². The lowest BCUT2D eigenvalue weighted by Gasteiger charge is -2.30. The second kappa shape index (κ2) is 9.69. The van der Waals surface area contributed by atoms with Crippen molar-refractivity contribution in [2.24, 2.45) is 0 Å². The molecule has 0 saturated carbocycles. The van der Waals surface area contributed by atoms with E-state index in [4.69, 9.17) is 9.47 Å². The number of benzene rings is 2. The van der Waals surface area contributed by atoms with Gasteiger partial charge in [-0.25, -0.2) is 0 Å². The van der Waals surface area contributed by atoms with Crippen LogP contribution in [0.5, 0.6) is 11.5 Å². The Bertz CT molecular complexity index is 1120. The van der Waals surface area contributed by atoms with Gasteiger partial charge in [0.25, 0.3) is 5.91 Å². The number of aromatic nitrogens is 2. The second-order valence-electron chi connectivity index (χ2n) is 8.78. The highest BCUT2D eigenvalue weighted by Gasteiger charge is 2.43. The normalized spacial score (nSPS) is 15.3. The van der Waals surface area contributed by atoms with Crippen LogP contribution in [0.15, 0.2) is 42.5 Å². The summed E-state index contributed by atoms with van der Waals surface area (Å²) in [6, 6.07) is 14.0. The number of amides is 1. The Morgan fingerprint density at radius 3 is 2.48 bits per heavy atom. The van der Waals surface area contributed by atoms with Crippen molar-refractivity contribution in [2.75, 3.05) is 13.2 Å². The third-order valence-corrected chi connectivity index (χ3v) is 6.02. The summed E-state index contributed by atoms with van der Waals surface area (Å²) in [6.07, 6.45) is 2.06. The number of H-pyrrole nitrogens is 1. The average Bonchev–Trinajstić information content (AvgIpc) is 3.35. The zero-order valence-electron chi connectivity index (χ0n) is 20.1. The second-order valence-corrected chi connectivity index (χ2v) is 8.78. The Balaban J connectivity index is 1.81. The van der Waals surface area contributed by atoms with Crippen LogP contribution in [0.4, 0.5) is 0 Å². The highest BCUT2D eigenvalue weighted by Crippen LogP contribution is 2.45. The summed E-state index contributed by atoms with van der Waals surface area (Å²) in [7, 11) is 0. The van der Waals surface area contributed by atoms with Gasteiger partial charge in [0.1, 0.15) is 5.69 Å². The topological polar surface area (TPSA) is 67.5 Å². The Kier molecular flexibility index (Phi) is 6.72. The first-order valence-electron chi connectivity index (χ1n) is 11.8. The number of aryl methyl sites for hydroxylation is 1. The molecule has 0 radical (unpaired) electrons. The van der Waals surface area contributed by atoms with E-state index in [1.54, 1.807) is 0 Å². The van der Waals surface area contributed by atoms with Crippen LogP contribution in [0.25, 0.3) is 11.3 Å². The van der Waals surface area contributed by atoms with Crippen LogP contribution in [-0.2, 0) is 0 Å². The van der Waals surface area contributed by atoms with E-state index in [0.717, 1.165) is 41.0 Å². The fourth-order valence-electron chi connectivity index (χ4n) is 4.37. The minimum absolute atomic E-state index is 0.0187. The molecule has 3 aromatic rings. The molecule has 2 aromatic carbocycles. The largest absolute Gasteiger partial charge is 0.490 e. The number of ether oxygens (including phenoxy) is 2. The maximum atomic E-state index is 13.4. The van der Waals surface area contributed by atoms with Gasteiger partial charge in [0.2, 0.25) is 0 Å². The number of carbonyl (C=O) groups excluding carboxylic acids is 1. The van der Waals surface area contributed by atoms with Gasteiger partial charge in [-0.1, -0.05) is 49.2 Å². The molecule has 1 aliphatic heterocycles. The van der Waals surface area contributed by atoms with Gasteiger partial charge in [0, 0.05) is 17.2 Å². The lowest BCUT2D eigenvalue weighted by Crippen LogP contribution is -2.35. The number of nitrogens with one attached hydrogen (secondary N) is 1. The standard InChI is InChI=1S/C27H33N3O3/c1-6-8-15-33-21-14-13-20(16-22(21)32-7-2)26-23-24(19-11-9-18(5)10-12-19)28-29-25(23)27(31)30(26)17(3)4/h9-14,16-17,26H,6-8,15H2,1-5H3,(H,28,29). The Morgan fingerprint density at radius 1 is 1.06 bits per heavy atom. The summed E-state index contributed by atoms with van der Waals surface area (Å²) in [5.74, 6) is 1.41. The molecule has 0 spiro atoms. The third-order valence-electron chi connectivity index (χ3n) is 6.02. The number of nitrogens with zero attached hydrogens (tertiary/aromatic N) is 2. The zero-order valence-corrected chi connectivity index (χ0v) is 20.1. The lowest BCUT2D eigenvalue weighted by molar-refractivity contribution is 0.0687. The smallest absolute Gasteiger partial charge is 0.273 e. The van der Waals surface area contributed by atoms with Crippen molar-refractivity contribution in [2.45, 2.75) is 59.5 Å². The molecular weight excluding hydrogens is 414 g/mol. The predicted octanol–water partition coefficient (Wildman–Crippen LogP) is 5.92. The van der Waals surface area contributed by atoms with Gasteiger partial charge in [0.15, 0.2) is 11.5 Å². The summed E-state index contributed by atoms with van der Waals surface area (Å²) in [5, 5.41) is 7.58. The summed E-state index contributed by atoms with van der Waals surface area (Å²) >= 11 is 0. The maximum absolute atomic E-state index is 13.4. The number of fused-ring (bicyclic) bond motifs is 1. The quantitative estimate of drug-likeness (QED) is 0.414. The van der Waals surface area contributed by atoms with Crippen molar-refractivity contribution in [3.8, 4) is 22.8 Å². The molecule has 0 saturated heterocycles. The van der Waals surface area contributed by atoms with E-state index in [2.05, 4.69) is 48.3 Å². The molecule has 2 heterocycles. The molecule has 0 aliphatic carbocycles. The number of rotatable bonds is 9. The van der Waals surface area contributed by atoms with Crippen molar-refractivity contribution in [1.82, 2.24) is 15.1 Å². The molecule has 0 bridgehead atoms. The van der Waals surface area contributed by atoms with Crippen LogP contribution >= 0.6 is 0 Å². The Hall–Kier alpha value is -3.28. The highest BCUT2D eigenvalue weighted by molar-refractivity contribution is 6.00. The van der Waals surface area contributed by atoms with Gasteiger partial charge in [-0.2, -0.15) is 5.10 Å². The third kappa shape index (κ3) is 4.34. The van der Waals surface area contributed by atoms with Crippen LogP contribution in [0, 0.1) is 6.92 Å². The van der Waals surface area contributed by atoms with Gasteiger partial charge < -0.3 is 14.4 Å². The molecule has 4 rings (SSSR count). The number of hydrogen-bond acceptors (Lipinski definition) is 4. The highest BCUT2D eigenvalue weighted by atomic mass is 16.5. The van der Waals surface area contributed by atoms with Gasteiger partial charge >= 0.3 is 0 Å². The summed E-state index contributed by atoms with van der Waals surface area (Å²) in [6.45, 7) is 11.4. The fourth-order valence-corrected chi connectivity index (χ4v) is 4.37. The SMILES string of the molecule is CCCCOc1ccc(C2c3c(-c4ccc(C)cc4)n[nH]c3C(=O)N2C(C)C)cc1OCC. The molecule has 174 valence electrons. The summed E-state index contributed by atoms with van der Waals surface area (Å²) in [5.41, 5.74) is 5.45. The van der Waals surface area contributed by atoms with Gasteiger partial charge in [-0.05, 0) is 51.8 Å². The van der Waals surface area contributed by atoms with Gasteiger partial charge in [0.05, 0.1) is 24.9 Å². The lowest BCUT2D eigenvalue weighted by atomic mass is 9.95. The molecular formula is C27H33N3O3. The van der Waals surface area contributed by atoms with E-state index in [-0.39, 0.29) is 18.0 Å². The molecule has 1 N–H and O–H groups in total. The Morgan fingerprint density at radius 2 is 1.82 bits per heavy atom. The monoisotopic (exact) mass is 447 g/mol. The number of carbonyl (C=O) groups is 1. The molecule has 6 heteroatoms. The molecule has 1 aromatic heterocycles. The first-order valence-corrected chi connectivity index (χ1v) is 11.8. The average molecular weight is 448 g/mol. The van der Waals surface area contributed by atoms with Crippen LogP contribution in [0.2, 0.25) is 0 Å². The number of unbranched alkanes of at least 4 members (excludes halogenated alkanes) is 1. The molecule has 1 amide bonds. The first kappa shape index (κ1) is 22.9. The van der Waals surface area contributed by atoms with E-state index in [1.165, 1.54) is 5.56 Å². The summed E-state index contributed by atoms with van der Waals surface area (Å²) in [4.78, 5) is 15.3. The minimum Gasteiger partial charge on any atom is -0.490 e. The van der Waals surface area contributed by atoms with E-state index in [0.29, 0.717) is 24.7 Å². The Labute approximate surface area is 195 Å². The van der Waals surface area contributed by atoms with Crippen molar-refractivity contribution < 1.29 is 14.3 Å². The van der Waals surface area contributed by atoms with E-state index in [1.807, 2.05) is 43.9 Å². The maximum Gasteiger partial charge on any atom is 0.273 e. The summed E-state index contributed by atoms with van der Waals surface area (Å²) < 4.78 is 11.9. The minimum atomic E-state index is -0.258. The van der Waals surface area contributed by atoms with E-state index >= 15 is 0 Å². The molecule has 6 nitrogen and oxygen atoms in total. The van der Waals surface area contributed by atoms with Gasteiger partial charge in [-0.3, -0.25) is 9.89 Å². The predicted molar refractivity (Wildman–Crippen MR) is 130 cm³/mol. The van der Waals surface area contributed by atoms with Crippen LogP contribution < -0.4 is 9.47 Å². The van der Waals surface area contributed by atoms with Gasteiger partial charge in [-0.15, -0.1) is 0 Å². The van der Waals surface area contributed by atoms with Crippen molar-refractivity contribution >= 4 is 5.91 Å². The van der Waals surface area contributed by atoms with E-state index in [9.17, 15) is 4.79 Å². The zero-order chi connectivity index (χ0) is 23.5. The van der Waals surface area contributed by atoms with Crippen molar-refractivity contribution in [1.29, 1.82) is 0 Å². The van der Waals surface area contributed by atoms with E-state index < -0.39 is 0 Å². The van der Waals surface area contributed by atoms with Crippen LogP contribution in [0.3, 0.4) is 0 Å². The molecule has 1 atom stereocenters. The molecule has 1 aliphatic rings. The molecule has 0 fully saturated rings. The van der Waals surface area contributed by atoms with Crippen molar-refractivity contribution in [3.63, 3.8) is 0 Å². The van der Waals surface area contributed by atoms with Crippen molar-refractivity contribution in [3.05, 3.63) is 64.8 Å². The fraction of sp³-hybridized carbons (Fsp3) is 0.407. The molecule has 1 unspecified atom stereocenters. The molecule has 33 heavy (non-hydrogen) atoms. The first-order chi connectivity index (χ1) is 16.0.